The van der Waals surface area contributed by atoms with Crippen molar-refractivity contribution in [3.05, 3.63) is 28.2 Å². The van der Waals surface area contributed by atoms with E-state index in [1.165, 1.54) is 0 Å². The molecule has 0 saturated heterocycles. The molecule has 0 aliphatic carbocycles. The van der Waals surface area contributed by atoms with Crippen LogP contribution in [0.3, 0.4) is 0 Å². The number of nitrogens with one attached hydrogen (secondary N) is 1. The summed E-state index contributed by atoms with van der Waals surface area (Å²) in [7, 11) is 0. The Morgan fingerprint density at radius 3 is 2.89 bits per heavy atom. The molecule has 1 aromatic rings. The number of rotatable bonds is 7. The Kier molecular flexibility index (Phi) is 6.87. The summed E-state index contributed by atoms with van der Waals surface area (Å²) >= 11 is 3.42. The van der Waals surface area contributed by atoms with Crippen molar-refractivity contribution in [1.82, 2.24) is 5.32 Å². The van der Waals surface area contributed by atoms with Gasteiger partial charge in [0, 0.05) is 11.0 Å². The van der Waals surface area contributed by atoms with E-state index in [1.807, 2.05) is 25.1 Å². The predicted octanol–water partition coefficient (Wildman–Crippen LogP) is 2.24. The van der Waals surface area contributed by atoms with Crippen LogP contribution in [0.1, 0.15) is 25.8 Å². The smallest absolute Gasteiger partial charge is 0.260 e. The molecule has 1 amide bonds. The van der Waals surface area contributed by atoms with Crippen molar-refractivity contribution in [1.29, 1.82) is 0 Å². The fourth-order valence-electron chi connectivity index (χ4n) is 1.65. The molecule has 0 saturated carbocycles. The maximum Gasteiger partial charge on any atom is 0.260 e. The molecule has 19 heavy (non-hydrogen) atoms. The molecule has 5 heteroatoms. The molecule has 4 nitrogen and oxygen atoms in total. The van der Waals surface area contributed by atoms with E-state index in [1.54, 1.807) is 6.92 Å². The Morgan fingerprint density at radius 2 is 2.26 bits per heavy atom. The minimum absolute atomic E-state index is 0.0940. The van der Waals surface area contributed by atoms with Gasteiger partial charge in [-0.15, -0.1) is 0 Å². The summed E-state index contributed by atoms with van der Waals surface area (Å²) in [5.41, 5.74) is 6.59. The second-order valence-corrected chi connectivity index (χ2v) is 5.26. The second kappa shape index (κ2) is 8.17. The molecule has 0 bridgehead atoms. The highest BCUT2D eigenvalue weighted by Crippen LogP contribution is 2.24. The predicted molar refractivity (Wildman–Crippen MR) is 80.3 cm³/mol. The van der Waals surface area contributed by atoms with Crippen LogP contribution < -0.4 is 15.8 Å². The molecular formula is C14H21BrN2O2. The Balaban J connectivity index is 2.72. The van der Waals surface area contributed by atoms with Crippen LogP contribution in [0.2, 0.25) is 0 Å². The van der Waals surface area contributed by atoms with Gasteiger partial charge < -0.3 is 15.8 Å². The highest BCUT2D eigenvalue weighted by molar-refractivity contribution is 9.10. The highest BCUT2D eigenvalue weighted by Gasteiger charge is 2.15. The summed E-state index contributed by atoms with van der Waals surface area (Å²) in [6.45, 7) is 4.98. The van der Waals surface area contributed by atoms with Crippen molar-refractivity contribution in [2.75, 3.05) is 13.1 Å². The monoisotopic (exact) mass is 328 g/mol. The fourth-order valence-corrected chi connectivity index (χ4v) is 2.06. The van der Waals surface area contributed by atoms with Gasteiger partial charge in [0.25, 0.3) is 5.91 Å². The maximum atomic E-state index is 11.8. The Morgan fingerprint density at radius 1 is 1.53 bits per heavy atom. The quantitative estimate of drug-likeness (QED) is 0.806. The first-order valence-corrected chi connectivity index (χ1v) is 7.30. The lowest BCUT2D eigenvalue weighted by Gasteiger charge is -2.17. The molecule has 0 aromatic heterocycles. The van der Waals surface area contributed by atoms with Crippen LogP contribution in [0.4, 0.5) is 0 Å². The third kappa shape index (κ3) is 5.20. The van der Waals surface area contributed by atoms with Gasteiger partial charge in [0.2, 0.25) is 0 Å². The van der Waals surface area contributed by atoms with E-state index >= 15 is 0 Å². The molecule has 0 aliphatic heterocycles. The topological polar surface area (TPSA) is 64.3 Å². The van der Waals surface area contributed by atoms with Gasteiger partial charge in [0.05, 0.1) is 0 Å². The average molecular weight is 329 g/mol. The lowest BCUT2D eigenvalue weighted by atomic mass is 10.1. The molecule has 1 atom stereocenters. The van der Waals surface area contributed by atoms with E-state index < -0.39 is 6.10 Å². The van der Waals surface area contributed by atoms with Gasteiger partial charge in [-0.25, -0.2) is 0 Å². The third-order valence-corrected chi connectivity index (χ3v) is 3.15. The van der Waals surface area contributed by atoms with Crippen LogP contribution >= 0.6 is 15.9 Å². The first-order valence-electron chi connectivity index (χ1n) is 6.51. The van der Waals surface area contributed by atoms with Crippen LogP contribution in [0.15, 0.2) is 22.7 Å². The number of benzene rings is 1. The van der Waals surface area contributed by atoms with Crippen molar-refractivity contribution in [3.63, 3.8) is 0 Å². The first-order chi connectivity index (χ1) is 9.08. The van der Waals surface area contributed by atoms with Crippen LogP contribution in [-0.2, 0) is 11.2 Å². The minimum atomic E-state index is -0.510. The van der Waals surface area contributed by atoms with Crippen molar-refractivity contribution >= 4 is 21.8 Å². The fraction of sp³-hybridized carbons (Fsp3) is 0.500. The Hall–Kier alpha value is -1.07. The van der Waals surface area contributed by atoms with Crippen LogP contribution in [0, 0.1) is 0 Å². The number of ether oxygens (including phenoxy) is 1. The van der Waals surface area contributed by atoms with E-state index in [9.17, 15) is 4.79 Å². The molecule has 0 radical (unpaired) electrons. The van der Waals surface area contributed by atoms with E-state index in [2.05, 4.69) is 21.2 Å². The van der Waals surface area contributed by atoms with Gasteiger partial charge in [-0.05, 0) is 50.1 Å². The second-order valence-electron chi connectivity index (χ2n) is 4.34. The zero-order valence-corrected chi connectivity index (χ0v) is 13.0. The Labute approximate surface area is 122 Å². The molecule has 3 N–H and O–H groups in total. The number of hydrogen-bond acceptors (Lipinski definition) is 3. The molecule has 1 unspecified atom stereocenters. The Bertz CT molecular complexity index is 424. The zero-order valence-electron chi connectivity index (χ0n) is 11.4. The zero-order chi connectivity index (χ0) is 14.3. The summed E-state index contributed by atoms with van der Waals surface area (Å²) < 4.78 is 6.70. The van der Waals surface area contributed by atoms with Crippen molar-refractivity contribution in [3.8, 4) is 5.75 Å². The standard InChI is InChI=1S/C14H21BrN2O2/c1-3-8-17-14(18)10(2)19-13-5-4-12(15)9-11(13)6-7-16/h4-5,9-10H,3,6-8,16H2,1-2H3,(H,17,18). The lowest BCUT2D eigenvalue weighted by Crippen LogP contribution is -2.36. The summed E-state index contributed by atoms with van der Waals surface area (Å²) in [4.78, 5) is 11.8. The molecule has 0 spiro atoms. The van der Waals surface area contributed by atoms with Crippen LogP contribution in [0.5, 0.6) is 5.75 Å². The minimum Gasteiger partial charge on any atom is -0.481 e. The van der Waals surface area contributed by atoms with Gasteiger partial charge in [0.15, 0.2) is 6.10 Å². The first kappa shape index (κ1) is 16.0. The lowest BCUT2D eigenvalue weighted by molar-refractivity contribution is -0.127. The van der Waals surface area contributed by atoms with Gasteiger partial charge in [-0.3, -0.25) is 4.79 Å². The van der Waals surface area contributed by atoms with E-state index in [-0.39, 0.29) is 5.91 Å². The van der Waals surface area contributed by atoms with E-state index in [4.69, 9.17) is 10.5 Å². The number of hydrogen-bond donors (Lipinski definition) is 2. The summed E-state index contributed by atoms with van der Waals surface area (Å²) in [5, 5.41) is 2.82. The summed E-state index contributed by atoms with van der Waals surface area (Å²) in [6, 6.07) is 5.73. The molecule has 0 fully saturated rings. The normalized spacial score (nSPS) is 12.0. The van der Waals surface area contributed by atoms with E-state index in [0.717, 1.165) is 22.9 Å². The SMILES string of the molecule is CCCNC(=O)C(C)Oc1ccc(Br)cc1CCN. The molecule has 1 rings (SSSR count). The number of nitrogens with two attached hydrogens (primary N) is 1. The molecule has 1 aromatic carbocycles. The van der Waals surface area contributed by atoms with Gasteiger partial charge >= 0.3 is 0 Å². The molecule has 0 heterocycles. The number of carbonyl (C=O) groups excluding carboxylic acids is 1. The van der Waals surface area contributed by atoms with Crippen molar-refractivity contribution < 1.29 is 9.53 Å². The van der Waals surface area contributed by atoms with Gasteiger partial charge in [0.1, 0.15) is 5.75 Å². The molecular weight excluding hydrogens is 308 g/mol. The number of halogens is 1. The van der Waals surface area contributed by atoms with Gasteiger partial charge in [-0.2, -0.15) is 0 Å². The average Bonchev–Trinajstić information content (AvgIpc) is 2.39. The number of amides is 1. The summed E-state index contributed by atoms with van der Waals surface area (Å²) in [5.74, 6) is 0.622. The molecule has 106 valence electrons. The van der Waals surface area contributed by atoms with Crippen LogP contribution in [-0.4, -0.2) is 25.1 Å². The van der Waals surface area contributed by atoms with Gasteiger partial charge in [-0.1, -0.05) is 22.9 Å². The summed E-state index contributed by atoms with van der Waals surface area (Å²) in [6.07, 6.45) is 1.12. The van der Waals surface area contributed by atoms with E-state index in [0.29, 0.717) is 18.8 Å². The number of carbonyl (C=O) groups is 1. The van der Waals surface area contributed by atoms with Crippen LogP contribution in [0.25, 0.3) is 0 Å². The van der Waals surface area contributed by atoms with Crippen molar-refractivity contribution in [2.45, 2.75) is 32.8 Å². The maximum absolute atomic E-state index is 11.8. The van der Waals surface area contributed by atoms with Crippen molar-refractivity contribution in [2.24, 2.45) is 5.73 Å². The largest absolute Gasteiger partial charge is 0.481 e. The highest BCUT2D eigenvalue weighted by atomic mass is 79.9. The third-order valence-electron chi connectivity index (χ3n) is 2.66. The molecule has 0 aliphatic rings.